The summed E-state index contributed by atoms with van der Waals surface area (Å²) in [4.78, 5) is 15.7. The van der Waals surface area contributed by atoms with Crippen LogP contribution in [0.15, 0.2) is 162 Å². The Morgan fingerprint density at radius 1 is 0.750 bits per heavy atom. The molecular weight excluding hydrogens is 943 g/mol. The summed E-state index contributed by atoms with van der Waals surface area (Å²) in [5.74, 6) is 13.9. The number of hydrogen-bond donors (Lipinski definition) is 3. The average Bonchev–Trinajstić information content (AvgIpc) is 3.69. The number of unbranched alkanes of at least 4 members (excludes halogenated alkanes) is 2. The van der Waals surface area contributed by atoms with Crippen LogP contribution in [0.4, 0.5) is 5.82 Å². The molecule has 0 saturated heterocycles. The van der Waals surface area contributed by atoms with Gasteiger partial charge in [0.1, 0.15) is 23.5 Å². The first-order chi connectivity index (χ1) is 32.1. The molecule has 3 N–H and O–H groups in total. The standard InChI is InChI=1S/C50H45N5O9S4/c1-49(2)42-29-37(17-15-35-19-23-40(24-20-35)66(56,57)58)31-54(28-9-5-8-27-51-34-65)47(42)52-45(49)13-10-14-46-50(3,4)43-30-38(18-16-36-21-25-41(26-22-36)67(59,60)61)32-55(48(43)53-46)33-39-11-6-7-12-44(39)68(62,63)64/h6-7,10-14,19-26,29-32H,5,8-9,27-28,33H2,1-4H3,(H2-,56,57,58,59,60,61,62,63,64)/p+1. The summed E-state index contributed by atoms with van der Waals surface area (Å²) >= 11 is 4.71. The highest BCUT2D eigenvalue weighted by Gasteiger charge is 2.43. The number of rotatable bonds is 13. The molecule has 0 bridgehead atoms. The number of allylic oxidation sites excluding steroid dienone is 6. The minimum atomic E-state index is -4.56. The molecule has 4 heterocycles. The Kier molecular flexibility index (Phi) is 14.3. The SMILES string of the molecule is CC1(C)C2=CC(C#Cc3ccc(S(=O)(=O)O)cc3)=CN(CCCCCN=C=S)C2=N/C1=C\C=C\C1=Nc2c(cc(C#Cc3ccc(S(=O)(=O)O)cc3)c[n+]2Cc2ccccc2S(=O)(=O)O)C1(C)C. The molecular formula is C50H46N5O9S4+. The number of fused-ring (bicyclic) bond motifs is 2. The first-order valence-electron chi connectivity index (χ1n) is 21.2. The van der Waals surface area contributed by atoms with Gasteiger partial charge in [-0.15, -0.1) is 0 Å². The second-order valence-electron chi connectivity index (χ2n) is 17.1. The van der Waals surface area contributed by atoms with E-state index in [0.29, 0.717) is 46.9 Å². The van der Waals surface area contributed by atoms with E-state index in [1.165, 1.54) is 60.7 Å². The van der Waals surface area contributed by atoms with Crippen molar-refractivity contribution in [3.8, 4) is 23.7 Å². The highest BCUT2D eigenvalue weighted by molar-refractivity contribution is 7.86. The van der Waals surface area contributed by atoms with Crippen LogP contribution in [0.25, 0.3) is 0 Å². The lowest BCUT2D eigenvalue weighted by Gasteiger charge is -2.29. The van der Waals surface area contributed by atoms with Crippen molar-refractivity contribution in [3.63, 3.8) is 0 Å². The van der Waals surface area contributed by atoms with E-state index in [9.17, 15) is 38.9 Å². The van der Waals surface area contributed by atoms with E-state index in [1.54, 1.807) is 22.9 Å². The fourth-order valence-electron chi connectivity index (χ4n) is 7.86. The van der Waals surface area contributed by atoms with E-state index in [0.717, 1.165) is 47.5 Å². The van der Waals surface area contributed by atoms with Gasteiger partial charge in [0.15, 0.2) is 5.71 Å². The zero-order valence-electron chi connectivity index (χ0n) is 37.4. The molecule has 14 nitrogen and oxygen atoms in total. The van der Waals surface area contributed by atoms with Crippen LogP contribution in [0.1, 0.15) is 74.8 Å². The van der Waals surface area contributed by atoms with Crippen molar-refractivity contribution in [1.82, 2.24) is 4.90 Å². The highest BCUT2D eigenvalue weighted by atomic mass is 32.2. The van der Waals surface area contributed by atoms with E-state index in [-0.39, 0.29) is 21.2 Å². The minimum Gasteiger partial charge on any atom is -0.332 e. The number of isothiocyanates is 1. The van der Waals surface area contributed by atoms with Gasteiger partial charge in [0.25, 0.3) is 30.4 Å². The molecule has 0 atom stereocenters. The molecule has 0 spiro atoms. The monoisotopic (exact) mass is 988 g/mol. The van der Waals surface area contributed by atoms with Crippen LogP contribution in [0.2, 0.25) is 0 Å². The minimum absolute atomic E-state index is 0.0244. The van der Waals surface area contributed by atoms with Crippen LogP contribution in [0, 0.1) is 29.1 Å². The Bertz CT molecular complexity index is 3430. The molecule has 68 heavy (non-hydrogen) atoms. The van der Waals surface area contributed by atoms with Crippen LogP contribution in [0.5, 0.6) is 0 Å². The second kappa shape index (κ2) is 19.7. The van der Waals surface area contributed by atoms with Gasteiger partial charge >= 0.3 is 5.82 Å². The zero-order valence-corrected chi connectivity index (χ0v) is 40.6. The van der Waals surface area contributed by atoms with Crippen molar-refractivity contribution in [3.05, 3.63) is 160 Å². The summed E-state index contributed by atoms with van der Waals surface area (Å²) in [6, 6.07) is 19.2. The summed E-state index contributed by atoms with van der Waals surface area (Å²) in [6.45, 7) is 9.51. The molecule has 0 amide bonds. The Balaban J connectivity index is 1.22. The van der Waals surface area contributed by atoms with E-state index in [4.69, 9.17) is 22.2 Å². The molecule has 4 aromatic rings. The van der Waals surface area contributed by atoms with Crippen molar-refractivity contribution in [2.24, 2.45) is 20.4 Å². The fourth-order valence-corrected chi connectivity index (χ4v) is 9.62. The summed E-state index contributed by atoms with van der Waals surface area (Å²) in [5, 5.41) is 2.41. The van der Waals surface area contributed by atoms with Gasteiger partial charge in [-0.25, -0.2) is 14.6 Å². The van der Waals surface area contributed by atoms with Crippen LogP contribution < -0.4 is 4.57 Å². The summed E-state index contributed by atoms with van der Waals surface area (Å²) < 4.78 is 102. The molecule has 0 aliphatic carbocycles. The van der Waals surface area contributed by atoms with Crippen LogP contribution in [0.3, 0.4) is 0 Å². The number of thiocarbonyl (C=S) groups is 1. The number of aliphatic imine (C=N–C) groups is 3. The van der Waals surface area contributed by atoms with Gasteiger partial charge in [-0.05, 0) is 129 Å². The lowest BCUT2D eigenvalue weighted by Crippen LogP contribution is -2.36. The maximum Gasteiger partial charge on any atom is 0.327 e. The summed E-state index contributed by atoms with van der Waals surface area (Å²) in [7, 11) is -13.3. The van der Waals surface area contributed by atoms with Gasteiger partial charge in [0.05, 0.1) is 37.2 Å². The van der Waals surface area contributed by atoms with E-state index < -0.39 is 41.2 Å². The maximum absolute atomic E-state index is 12.4. The zero-order chi connectivity index (χ0) is 49.1. The molecule has 7 rings (SSSR count). The predicted molar refractivity (Wildman–Crippen MR) is 263 cm³/mol. The highest BCUT2D eigenvalue weighted by Crippen LogP contribution is 2.45. The van der Waals surface area contributed by atoms with Gasteiger partial charge < -0.3 is 4.90 Å². The van der Waals surface area contributed by atoms with Crippen molar-refractivity contribution in [1.29, 1.82) is 0 Å². The number of benzene rings is 3. The molecule has 0 radical (unpaired) electrons. The maximum atomic E-state index is 12.4. The second-order valence-corrected chi connectivity index (χ2v) is 21.6. The van der Waals surface area contributed by atoms with Gasteiger partial charge in [-0.2, -0.15) is 25.3 Å². The van der Waals surface area contributed by atoms with Crippen molar-refractivity contribution < 1.29 is 43.5 Å². The molecule has 3 aliphatic rings. The number of amidine groups is 1. The van der Waals surface area contributed by atoms with Gasteiger partial charge in [0, 0.05) is 52.5 Å². The van der Waals surface area contributed by atoms with E-state index in [1.807, 2.05) is 50.4 Å². The molecule has 0 unspecified atom stereocenters. The van der Waals surface area contributed by atoms with Gasteiger partial charge in [-0.1, -0.05) is 61.8 Å². The van der Waals surface area contributed by atoms with Crippen molar-refractivity contribution in [2.75, 3.05) is 13.1 Å². The third-order valence-corrected chi connectivity index (χ3v) is 14.5. The van der Waals surface area contributed by atoms with Crippen molar-refractivity contribution in [2.45, 2.75) is 73.6 Å². The Morgan fingerprint density at radius 2 is 1.37 bits per heavy atom. The van der Waals surface area contributed by atoms with Crippen LogP contribution >= 0.6 is 12.2 Å². The first-order valence-corrected chi connectivity index (χ1v) is 25.9. The summed E-state index contributed by atoms with van der Waals surface area (Å²) in [5.41, 5.74) is 4.74. The Hall–Kier alpha value is -6.44. The normalized spacial score (nSPS) is 16.6. The average molecular weight is 989 g/mol. The molecule has 18 heteroatoms. The largest absolute Gasteiger partial charge is 0.332 e. The summed E-state index contributed by atoms with van der Waals surface area (Å²) in [6.07, 6.45) is 14.1. The molecule has 3 aromatic carbocycles. The molecule has 1 aromatic heterocycles. The number of nitrogens with zero attached hydrogens (tertiary/aromatic N) is 5. The predicted octanol–water partition coefficient (Wildman–Crippen LogP) is 7.86. The van der Waals surface area contributed by atoms with Crippen LogP contribution in [-0.2, 0) is 42.3 Å². The van der Waals surface area contributed by atoms with E-state index >= 15 is 0 Å². The van der Waals surface area contributed by atoms with Gasteiger partial charge in [-0.3, -0.25) is 13.7 Å². The Morgan fingerprint density at radius 3 is 1.99 bits per heavy atom. The van der Waals surface area contributed by atoms with E-state index in [2.05, 4.69) is 52.6 Å². The van der Waals surface area contributed by atoms with Crippen LogP contribution in [-0.4, -0.2) is 73.6 Å². The molecule has 0 fully saturated rings. The topological polar surface area (TPSA) is 207 Å². The quantitative estimate of drug-likeness (QED) is 0.0294. The smallest absolute Gasteiger partial charge is 0.327 e. The lowest BCUT2D eigenvalue weighted by molar-refractivity contribution is -0.676. The van der Waals surface area contributed by atoms with Gasteiger partial charge in [0.2, 0.25) is 0 Å². The Labute approximate surface area is 402 Å². The molecule has 3 aliphatic heterocycles. The number of hydrogen-bond acceptors (Lipinski definition) is 11. The van der Waals surface area contributed by atoms with Crippen molar-refractivity contribution >= 4 is 65.1 Å². The molecule has 348 valence electrons. The number of pyridine rings is 1. The third kappa shape index (κ3) is 11.3. The first kappa shape index (κ1) is 49.5. The molecule has 0 saturated carbocycles. The lowest BCUT2D eigenvalue weighted by atomic mass is 9.80. The third-order valence-electron chi connectivity index (χ3n) is 11.6. The number of aromatic nitrogens is 1. The fraction of sp³-hybridized carbons (Fsp3) is 0.240.